The van der Waals surface area contributed by atoms with E-state index in [2.05, 4.69) is 16.0 Å². The summed E-state index contributed by atoms with van der Waals surface area (Å²) in [5.41, 5.74) is 0. The molecule has 0 aliphatic heterocycles. The Hall–Kier alpha value is -1.63. The van der Waals surface area contributed by atoms with E-state index in [1.165, 1.54) is 0 Å². The summed E-state index contributed by atoms with van der Waals surface area (Å²) >= 11 is 0. The molecule has 7 heteroatoms. The maximum absolute atomic E-state index is 11.5. The average Bonchev–Trinajstić information content (AvgIpc) is 3.12. The van der Waals surface area contributed by atoms with Crippen LogP contribution in [0.25, 0.3) is 0 Å². The summed E-state index contributed by atoms with van der Waals surface area (Å²) in [6.07, 6.45) is 2.56. The molecule has 1 atom stereocenters. The number of imide groups is 1. The number of rotatable bonds is 8. The topological polar surface area (TPSA) is 108 Å². The zero-order chi connectivity index (χ0) is 15.1. The first-order chi connectivity index (χ1) is 9.40. The molecule has 0 heterocycles. The van der Waals surface area contributed by atoms with E-state index in [4.69, 9.17) is 5.11 Å². The molecule has 114 valence electrons. The molecule has 0 radical (unpaired) electrons. The number of nitrogens with one attached hydrogen (secondary N) is 3. The second-order valence-electron chi connectivity index (χ2n) is 5.52. The van der Waals surface area contributed by atoms with Gasteiger partial charge in [-0.1, -0.05) is 13.8 Å². The molecule has 0 aromatic heterocycles. The Bertz CT molecular complexity index is 367. The standard InChI is InChI=1S/C13H23N3O4/c1-8(2)5-6-14-13(20)16-10(17)7-15-11(12(18)19)9-3-4-9/h8-9,11,15H,3-7H2,1-2H3,(H,18,19)(H2,14,16,17,20). The van der Waals surface area contributed by atoms with E-state index in [-0.39, 0.29) is 12.5 Å². The number of carboxylic acid groups (broad SMARTS) is 1. The Morgan fingerprint density at radius 3 is 2.40 bits per heavy atom. The largest absolute Gasteiger partial charge is 0.480 e. The van der Waals surface area contributed by atoms with Crippen LogP contribution in [0.3, 0.4) is 0 Å². The zero-order valence-electron chi connectivity index (χ0n) is 11.9. The Labute approximate surface area is 118 Å². The minimum atomic E-state index is -0.957. The summed E-state index contributed by atoms with van der Waals surface area (Å²) < 4.78 is 0. The van der Waals surface area contributed by atoms with Gasteiger partial charge in [-0.05, 0) is 31.1 Å². The zero-order valence-corrected chi connectivity index (χ0v) is 11.9. The highest BCUT2D eigenvalue weighted by atomic mass is 16.4. The molecular formula is C13H23N3O4. The minimum Gasteiger partial charge on any atom is -0.480 e. The summed E-state index contributed by atoms with van der Waals surface area (Å²) in [5, 5.41) is 16.4. The number of carbonyl (C=O) groups excluding carboxylic acids is 2. The van der Waals surface area contributed by atoms with Crippen molar-refractivity contribution in [1.82, 2.24) is 16.0 Å². The average molecular weight is 285 g/mol. The van der Waals surface area contributed by atoms with Crippen LogP contribution in [0.1, 0.15) is 33.1 Å². The van der Waals surface area contributed by atoms with Gasteiger partial charge in [-0.25, -0.2) is 4.79 Å². The van der Waals surface area contributed by atoms with Crippen LogP contribution in [0.15, 0.2) is 0 Å². The molecule has 1 aliphatic rings. The molecule has 1 saturated carbocycles. The highest BCUT2D eigenvalue weighted by Gasteiger charge is 2.36. The van der Waals surface area contributed by atoms with Crippen molar-refractivity contribution >= 4 is 17.9 Å². The van der Waals surface area contributed by atoms with Gasteiger partial charge in [0.15, 0.2) is 0 Å². The fraction of sp³-hybridized carbons (Fsp3) is 0.769. The van der Waals surface area contributed by atoms with E-state index in [9.17, 15) is 14.4 Å². The van der Waals surface area contributed by atoms with Gasteiger partial charge >= 0.3 is 12.0 Å². The lowest BCUT2D eigenvalue weighted by Crippen LogP contribution is -2.47. The molecule has 0 saturated heterocycles. The number of aliphatic carboxylic acids is 1. The lowest BCUT2D eigenvalue weighted by Gasteiger charge is -2.13. The van der Waals surface area contributed by atoms with Gasteiger partial charge in [-0.2, -0.15) is 0 Å². The fourth-order valence-electron chi connectivity index (χ4n) is 1.78. The van der Waals surface area contributed by atoms with Crippen LogP contribution < -0.4 is 16.0 Å². The van der Waals surface area contributed by atoms with Crippen molar-refractivity contribution in [2.75, 3.05) is 13.1 Å². The third kappa shape index (κ3) is 6.51. The molecule has 0 spiro atoms. The first kappa shape index (κ1) is 16.4. The van der Waals surface area contributed by atoms with Crippen molar-refractivity contribution in [2.45, 2.75) is 39.2 Å². The van der Waals surface area contributed by atoms with Gasteiger partial charge in [0, 0.05) is 6.54 Å². The molecule has 1 rings (SSSR count). The molecule has 0 aromatic carbocycles. The minimum absolute atomic E-state index is 0.0974. The van der Waals surface area contributed by atoms with Gasteiger partial charge in [-0.3, -0.25) is 20.2 Å². The van der Waals surface area contributed by atoms with Crippen LogP contribution in [-0.4, -0.2) is 42.1 Å². The summed E-state index contributed by atoms with van der Waals surface area (Å²) in [4.78, 5) is 33.8. The smallest absolute Gasteiger partial charge is 0.321 e. The maximum atomic E-state index is 11.5. The third-order valence-electron chi connectivity index (χ3n) is 3.10. The van der Waals surface area contributed by atoms with E-state index in [1.54, 1.807) is 0 Å². The number of hydrogen-bond donors (Lipinski definition) is 4. The molecule has 3 amide bonds. The molecule has 1 unspecified atom stereocenters. The molecular weight excluding hydrogens is 262 g/mol. The summed E-state index contributed by atoms with van der Waals surface area (Å²) in [6.45, 7) is 4.41. The number of hydrogen-bond acceptors (Lipinski definition) is 4. The van der Waals surface area contributed by atoms with E-state index in [0.717, 1.165) is 19.3 Å². The highest BCUT2D eigenvalue weighted by molar-refractivity contribution is 5.95. The molecule has 20 heavy (non-hydrogen) atoms. The predicted octanol–water partition coefficient (Wildman–Crippen LogP) is 0.311. The van der Waals surface area contributed by atoms with Gasteiger partial charge in [0.05, 0.1) is 6.54 Å². The molecule has 0 aromatic rings. The van der Waals surface area contributed by atoms with E-state index in [1.807, 2.05) is 13.8 Å². The van der Waals surface area contributed by atoms with Crippen LogP contribution in [0.2, 0.25) is 0 Å². The van der Waals surface area contributed by atoms with E-state index >= 15 is 0 Å². The first-order valence-corrected chi connectivity index (χ1v) is 6.94. The summed E-state index contributed by atoms with van der Waals surface area (Å²) in [6, 6.07) is -1.25. The molecule has 7 nitrogen and oxygen atoms in total. The van der Waals surface area contributed by atoms with Crippen molar-refractivity contribution in [2.24, 2.45) is 11.8 Å². The number of carboxylic acids is 1. The van der Waals surface area contributed by atoms with E-state index < -0.39 is 23.9 Å². The van der Waals surface area contributed by atoms with Crippen LogP contribution in [0, 0.1) is 11.8 Å². The van der Waals surface area contributed by atoms with Gasteiger partial charge in [0.2, 0.25) is 5.91 Å². The fourth-order valence-corrected chi connectivity index (χ4v) is 1.78. The number of amides is 3. The van der Waals surface area contributed by atoms with Crippen LogP contribution in [-0.2, 0) is 9.59 Å². The van der Waals surface area contributed by atoms with Crippen molar-refractivity contribution in [3.05, 3.63) is 0 Å². The monoisotopic (exact) mass is 285 g/mol. The Balaban J connectivity index is 2.18. The van der Waals surface area contributed by atoms with Crippen molar-refractivity contribution in [1.29, 1.82) is 0 Å². The predicted molar refractivity (Wildman–Crippen MR) is 73.1 cm³/mol. The Kier molecular flexibility index (Phi) is 6.44. The molecule has 0 bridgehead atoms. The number of carbonyl (C=O) groups is 3. The third-order valence-corrected chi connectivity index (χ3v) is 3.10. The summed E-state index contributed by atoms with van der Waals surface area (Å²) in [5.74, 6) is -0.914. The quantitative estimate of drug-likeness (QED) is 0.513. The molecule has 1 aliphatic carbocycles. The van der Waals surface area contributed by atoms with Crippen LogP contribution >= 0.6 is 0 Å². The maximum Gasteiger partial charge on any atom is 0.321 e. The Morgan fingerprint density at radius 1 is 1.25 bits per heavy atom. The second kappa shape index (κ2) is 7.84. The van der Waals surface area contributed by atoms with Crippen LogP contribution in [0.4, 0.5) is 4.79 Å². The van der Waals surface area contributed by atoms with Gasteiger partial charge in [0.25, 0.3) is 0 Å². The molecule has 4 N–H and O–H groups in total. The SMILES string of the molecule is CC(C)CCNC(=O)NC(=O)CNC(C(=O)O)C1CC1. The van der Waals surface area contributed by atoms with Crippen molar-refractivity contribution in [3.63, 3.8) is 0 Å². The lowest BCUT2D eigenvalue weighted by molar-refractivity contribution is -0.140. The van der Waals surface area contributed by atoms with Gasteiger partial charge in [-0.15, -0.1) is 0 Å². The molecule has 1 fully saturated rings. The van der Waals surface area contributed by atoms with Crippen molar-refractivity contribution < 1.29 is 19.5 Å². The van der Waals surface area contributed by atoms with E-state index in [0.29, 0.717) is 12.5 Å². The van der Waals surface area contributed by atoms with Gasteiger partial charge in [0.1, 0.15) is 6.04 Å². The first-order valence-electron chi connectivity index (χ1n) is 6.94. The lowest BCUT2D eigenvalue weighted by atomic mass is 10.1. The summed E-state index contributed by atoms with van der Waals surface area (Å²) in [7, 11) is 0. The highest BCUT2D eigenvalue weighted by Crippen LogP contribution is 2.32. The number of urea groups is 1. The van der Waals surface area contributed by atoms with Crippen molar-refractivity contribution in [3.8, 4) is 0 Å². The van der Waals surface area contributed by atoms with Crippen LogP contribution in [0.5, 0.6) is 0 Å². The Morgan fingerprint density at radius 2 is 1.90 bits per heavy atom. The van der Waals surface area contributed by atoms with Gasteiger partial charge < -0.3 is 10.4 Å². The normalized spacial score (nSPS) is 15.8. The second-order valence-corrected chi connectivity index (χ2v) is 5.52.